The Morgan fingerprint density at radius 3 is 2.74 bits per heavy atom. The van der Waals surface area contributed by atoms with Crippen LogP contribution in [-0.2, 0) is 19.6 Å². The molecule has 0 aliphatic carbocycles. The van der Waals surface area contributed by atoms with Gasteiger partial charge in [-0.25, -0.2) is 13.2 Å². The summed E-state index contributed by atoms with van der Waals surface area (Å²) in [6.07, 6.45) is 1.47. The minimum Gasteiger partial charge on any atom is -0.463 e. The highest BCUT2D eigenvalue weighted by Crippen LogP contribution is 2.26. The number of esters is 1. The van der Waals surface area contributed by atoms with Crippen molar-refractivity contribution in [2.75, 3.05) is 32.1 Å². The number of rotatable bonds is 9. The van der Waals surface area contributed by atoms with Crippen LogP contribution in [0.4, 0.5) is 5.69 Å². The summed E-state index contributed by atoms with van der Waals surface area (Å²) in [4.78, 5) is 25.9. The lowest BCUT2D eigenvalue weighted by atomic mass is 10.2. The Hall–Kier alpha value is -2.30. The molecule has 0 amide bonds. The Balaban J connectivity index is 2.30. The number of alkyl halides is 1. The highest BCUT2D eigenvalue weighted by molar-refractivity contribution is 7.89. The summed E-state index contributed by atoms with van der Waals surface area (Å²) in [6.45, 7) is 1.75. The molecule has 0 saturated carbocycles. The van der Waals surface area contributed by atoms with E-state index in [0.29, 0.717) is 11.3 Å². The van der Waals surface area contributed by atoms with E-state index in [2.05, 4.69) is 4.99 Å². The summed E-state index contributed by atoms with van der Waals surface area (Å²) in [5.74, 6) is -0.525. The van der Waals surface area contributed by atoms with E-state index in [9.17, 15) is 23.3 Å². The number of para-hydroxylation sites is 1. The molecule has 1 heterocycles. The minimum absolute atomic E-state index is 0.0123. The largest absolute Gasteiger partial charge is 0.463 e. The number of hydrogen-bond donors (Lipinski definition) is 0. The van der Waals surface area contributed by atoms with Crippen LogP contribution in [0, 0.1) is 10.1 Å². The fraction of sp³-hybridized carbons (Fsp3) is 0.375. The third-order valence-corrected chi connectivity index (χ3v) is 5.74. The van der Waals surface area contributed by atoms with Crippen molar-refractivity contribution in [3.8, 4) is 0 Å². The Labute approximate surface area is 161 Å². The quantitative estimate of drug-likeness (QED) is 0.262. The van der Waals surface area contributed by atoms with Crippen LogP contribution < -0.4 is 0 Å². The molecule has 0 spiro atoms. The maximum atomic E-state index is 12.9. The molecule has 0 saturated heterocycles. The number of nitro groups is 1. The van der Waals surface area contributed by atoms with E-state index in [4.69, 9.17) is 16.3 Å². The molecule has 0 bridgehead atoms. The molecule has 0 N–H and O–H groups in total. The van der Waals surface area contributed by atoms with Gasteiger partial charge < -0.3 is 4.74 Å². The molecule has 0 fully saturated rings. The second-order valence-electron chi connectivity index (χ2n) is 5.45. The summed E-state index contributed by atoms with van der Waals surface area (Å²) in [5.41, 5.74) is 0.152. The van der Waals surface area contributed by atoms with E-state index in [1.54, 1.807) is 6.92 Å². The fourth-order valence-corrected chi connectivity index (χ4v) is 4.32. The van der Waals surface area contributed by atoms with Gasteiger partial charge in [-0.1, -0.05) is 12.1 Å². The number of hydrogen-bond acceptors (Lipinski definition) is 7. The highest BCUT2D eigenvalue weighted by atomic mass is 35.5. The number of carbonyl (C=O) groups is 1. The normalized spacial score (nSPS) is 14.0. The lowest BCUT2D eigenvalue weighted by Gasteiger charge is -2.20. The molecule has 11 heteroatoms. The molecule has 1 aromatic rings. The van der Waals surface area contributed by atoms with Gasteiger partial charge in [-0.15, -0.1) is 11.6 Å². The van der Waals surface area contributed by atoms with Crippen molar-refractivity contribution in [3.63, 3.8) is 0 Å². The van der Waals surface area contributed by atoms with Crippen LogP contribution in [0.5, 0.6) is 0 Å². The summed E-state index contributed by atoms with van der Waals surface area (Å²) in [5, 5.41) is 11.2. The zero-order chi connectivity index (χ0) is 20.0. The van der Waals surface area contributed by atoms with E-state index in [1.165, 1.54) is 24.3 Å². The molecule has 1 aliphatic rings. The molecule has 9 nitrogen and oxygen atoms in total. The van der Waals surface area contributed by atoms with Crippen LogP contribution in [0.2, 0.25) is 0 Å². The fourth-order valence-electron chi connectivity index (χ4n) is 2.45. The molecule has 0 radical (unpaired) electrons. The molecular weight excluding hydrogens is 398 g/mol. The molecule has 0 aromatic heterocycles. The number of benzene rings is 1. The Bertz CT molecular complexity index is 897. The lowest BCUT2D eigenvalue weighted by Crippen LogP contribution is -2.36. The molecule has 2 rings (SSSR count). The first-order valence-electron chi connectivity index (χ1n) is 8.01. The molecule has 27 heavy (non-hydrogen) atoms. The SMILES string of the molecule is CCOC(=O)C1=CC(CN(CCCl)S(=O)(=O)c2ccccc2[N+](=O)[O-])=NC1. The van der Waals surface area contributed by atoms with Gasteiger partial charge in [0.25, 0.3) is 5.69 Å². The molecule has 1 aromatic carbocycles. The van der Waals surface area contributed by atoms with E-state index >= 15 is 0 Å². The van der Waals surface area contributed by atoms with E-state index < -0.39 is 31.5 Å². The third kappa shape index (κ3) is 4.90. The lowest BCUT2D eigenvalue weighted by molar-refractivity contribution is -0.387. The van der Waals surface area contributed by atoms with Gasteiger partial charge in [0.05, 0.1) is 35.9 Å². The van der Waals surface area contributed by atoms with E-state index in [-0.39, 0.29) is 32.1 Å². The zero-order valence-corrected chi connectivity index (χ0v) is 16.1. The molecular formula is C16H18ClN3O6S. The van der Waals surface area contributed by atoms with Crippen LogP contribution in [0.15, 0.2) is 45.8 Å². The van der Waals surface area contributed by atoms with Gasteiger partial charge in [-0.05, 0) is 19.1 Å². The Kier molecular flexibility index (Phi) is 7.05. The first-order chi connectivity index (χ1) is 12.8. The summed E-state index contributed by atoms with van der Waals surface area (Å²) in [7, 11) is -4.19. The van der Waals surface area contributed by atoms with Gasteiger partial charge in [0, 0.05) is 18.5 Å². The van der Waals surface area contributed by atoms with Gasteiger partial charge in [0.1, 0.15) is 0 Å². The summed E-state index contributed by atoms with van der Waals surface area (Å²) in [6, 6.07) is 5.09. The maximum Gasteiger partial charge on any atom is 0.335 e. The van der Waals surface area contributed by atoms with Crippen molar-refractivity contribution < 1.29 is 22.9 Å². The van der Waals surface area contributed by atoms with Crippen molar-refractivity contribution in [2.24, 2.45) is 4.99 Å². The Morgan fingerprint density at radius 1 is 1.41 bits per heavy atom. The minimum atomic E-state index is -4.19. The number of nitro benzene ring substituents is 1. The predicted molar refractivity (Wildman–Crippen MR) is 99.6 cm³/mol. The summed E-state index contributed by atoms with van der Waals surface area (Å²) < 4.78 is 31.8. The topological polar surface area (TPSA) is 119 Å². The molecule has 146 valence electrons. The van der Waals surface area contributed by atoms with Crippen LogP contribution in [0.25, 0.3) is 0 Å². The molecule has 0 unspecified atom stereocenters. The predicted octanol–water partition coefficient (Wildman–Crippen LogP) is 1.77. The average molecular weight is 416 g/mol. The third-order valence-electron chi connectivity index (χ3n) is 3.68. The van der Waals surface area contributed by atoms with Gasteiger partial charge in [0.2, 0.25) is 10.0 Å². The zero-order valence-electron chi connectivity index (χ0n) is 14.5. The van der Waals surface area contributed by atoms with Gasteiger partial charge in [-0.3, -0.25) is 15.1 Å². The number of sulfonamides is 1. The number of nitrogens with zero attached hydrogens (tertiary/aromatic N) is 3. The Morgan fingerprint density at radius 2 is 2.11 bits per heavy atom. The van der Waals surface area contributed by atoms with Crippen molar-refractivity contribution >= 4 is 39.0 Å². The second kappa shape index (κ2) is 9.07. The molecule has 0 atom stereocenters. The smallest absolute Gasteiger partial charge is 0.335 e. The van der Waals surface area contributed by atoms with Crippen LogP contribution in [0.1, 0.15) is 6.92 Å². The van der Waals surface area contributed by atoms with E-state index in [1.807, 2.05) is 0 Å². The van der Waals surface area contributed by atoms with Gasteiger partial charge in [-0.2, -0.15) is 4.31 Å². The van der Waals surface area contributed by atoms with Crippen molar-refractivity contribution in [3.05, 3.63) is 46.0 Å². The monoisotopic (exact) mass is 415 g/mol. The summed E-state index contributed by atoms with van der Waals surface area (Å²) >= 11 is 5.73. The molecule has 1 aliphatic heterocycles. The first kappa shape index (κ1) is 21.0. The number of halogens is 1. The second-order valence-corrected chi connectivity index (χ2v) is 7.73. The van der Waals surface area contributed by atoms with E-state index in [0.717, 1.165) is 10.4 Å². The van der Waals surface area contributed by atoms with Crippen molar-refractivity contribution in [1.29, 1.82) is 0 Å². The maximum absolute atomic E-state index is 12.9. The number of aliphatic imine (C=N–C) groups is 1. The number of carbonyl (C=O) groups excluding carboxylic acids is 1. The van der Waals surface area contributed by atoms with Crippen molar-refractivity contribution in [1.82, 2.24) is 4.31 Å². The van der Waals surface area contributed by atoms with Gasteiger partial charge in [0.15, 0.2) is 4.90 Å². The van der Waals surface area contributed by atoms with Crippen LogP contribution >= 0.6 is 11.6 Å². The average Bonchev–Trinajstić information content (AvgIpc) is 3.10. The standard InChI is InChI=1S/C16H18ClN3O6S/c1-2-26-16(21)12-9-13(18-10-12)11-19(8-7-17)27(24,25)15-6-4-3-5-14(15)20(22)23/h3-6,9H,2,7-8,10-11H2,1H3. The first-order valence-corrected chi connectivity index (χ1v) is 9.99. The van der Waals surface area contributed by atoms with Gasteiger partial charge >= 0.3 is 5.97 Å². The van der Waals surface area contributed by atoms with Crippen LogP contribution in [-0.4, -0.2) is 61.4 Å². The number of ether oxygens (including phenoxy) is 1. The van der Waals surface area contributed by atoms with Crippen molar-refractivity contribution in [2.45, 2.75) is 11.8 Å². The highest BCUT2D eigenvalue weighted by Gasteiger charge is 2.32. The van der Waals surface area contributed by atoms with Crippen LogP contribution in [0.3, 0.4) is 0 Å².